The van der Waals surface area contributed by atoms with Crippen LogP contribution in [0.1, 0.15) is 11.9 Å². The van der Waals surface area contributed by atoms with Crippen molar-refractivity contribution in [1.82, 2.24) is 20.1 Å². The monoisotopic (exact) mass is 277 g/mol. The Hall–Kier alpha value is -2.02. The summed E-state index contributed by atoms with van der Waals surface area (Å²) >= 11 is 1.60. The van der Waals surface area contributed by atoms with E-state index in [0.717, 1.165) is 11.4 Å². The minimum atomic E-state index is -0.167. The number of nitrogens with one attached hydrogen (secondary N) is 1. The summed E-state index contributed by atoms with van der Waals surface area (Å²) in [6.45, 7) is 3.21. The molecule has 2 rings (SSSR count). The van der Waals surface area contributed by atoms with E-state index < -0.39 is 0 Å². The van der Waals surface area contributed by atoms with Crippen LogP contribution < -0.4 is 5.32 Å². The number of rotatable bonds is 5. The SMILES string of the molecule is CCN(CCc1nccs1)C(=O)Nc1cccnn1. The molecule has 0 fully saturated rings. The first-order valence-corrected chi connectivity index (χ1v) is 6.89. The number of aromatic nitrogens is 3. The summed E-state index contributed by atoms with van der Waals surface area (Å²) < 4.78 is 0. The van der Waals surface area contributed by atoms with Crippen molar-refractivity contribution in [3.05, 3.63) is 34.9 Å². The summed E-state index contributed by atoms with van der Waals surface area (Å²) in [5.74, 6) is 0.459. The van der Waals surface area contributed by atoms with Crippen LogP contribution in [0.3, 0.4) is 0 Å². The minimum absolute atomic E-state index is 0.167. The summed E-state index contributed by atoms with van der Waals surface area (Å²) in [6.07, 6.45) is 4.10. The molecule has 0 unspecified atom stereocenters. The first kappa shape index (κ1) is 13.4. The van der Waals surface area contributed by atoms with Gasteiger partial charge in [-0.1, -0.05) is 0 Å². The standard InChI is InChI=1S/C12H15N5OS/c1-2-17(8-5-11-13-7-9-19-11)12(18)15-10-4-3-6-14-16-10/h3-4,6-7,9H,2,5,8H2,1H3,(H,15,16,18). The van der Waals surface area contributed by atoms with E-state index in [1.807, 2.05) is 12.3 Å². The van der Waals surface area contributed by atoms with Crippen LogP contribution in [0.2, 0.25) is 0 Å². The molecule has 19 heavy (non-hydrogen) atoms. The highest BCUT2D eigenvalue weighted by atomic mass is 32.1. The van der Waals surface area contributed by atoms with E-state index in [2.05, 4.69) is 20.5 Å². The highest BCUT2D eigenvalue weighted by molar-refractivity contribution is 7.09. The molecule has 0 radical (unpaired) electrons. The number of hydrogen-bond donors (Lipinski definition) is 1. The molecule has 6 nitrogen and oxygen atoms in total. The lowest BCUT2D eigenvalue weighted by atomic mass is 10.4. The predicted octanol–water partition coefficient (Wildman–Crippen LogP) is 2.03. The van der Waals surface area contributed by atoms with Gasteiger partial charge in [0, 0.05) is 37.3 Å². The second kappa shape index (κ2) is 6.79. The molecule has 100 valence electrons. The molecule has 0 bridgehead atoms. The molecule has 2 aromatic rings. The van der Waals surface area contributed by atoms with Gasteiger partial charge in [-0.05, 0) is 19.1 Å². The lowest BCUT2D eigenvalue weighted by molar-refractivity contribution is 0.215. The zero-order chi connectivity index (χ0) is 13.5. The summed E-state index contributed by atoms with van der Waals surface area (Å²) in [5, 5.41) is 13.2. The van der Waals surface area contributed by atoms with Gasteiger partial charge in [-0.3, -0.25) is 5.32 Å². The average molecular weight is 277 g/mol. The number of carbonyl (C=O) groups is 1. The Kier molecular flexibility index (Phi) is 4.79. The molecule has 0 aliphatic heterocycles. The third kappa shape index (κ3) is 3.99. The quantitative estimate of drug-likeness (QED) is 0.907. The van der Waals surface area contributed by atoms with Gasteiger partial charge in [0.05, 0.1) is 5.01 Å². The molecule has 0 spiro atoms. The van der Waals surface area contributed by atoms with Crippen LogP contribution in [0, 0.1) is 0 Å². The van der Waals surface area contributed by atoms with Crippen molar-refractivity contribution < 1.29 is 4.79 Å². The molecule has 0 saturated heterocycles. The van der Waals surface area contributed by atoms with Crippen LogP contribution in [-0.2, 0) is 6.42 Å². The Morgan fingerprint density at radius 2 is 2.37 bits per heavy atom. The zero-order valence-electron chi connectivity index (χ0n) is 10.6. The number of nitrogens with zero attached hydrogens (tertiary/aromatic N) is 4. The van der Waals surface area contributed by atoms with Crippen LogP contribution in [0.15, 0.2) is 29.9 Å². The number of urea groups is 1. The number of anilines is 1. The summed E-state index contributed by atoms with van der Waals surface area (Å²) in [7, 11) is 0. The van der Waals surface area contributed by atoms with Gasteiger partial charge in [-0.2, -0.15) is 5.10 Å². The van der Waals surface area contributed by atoms with Crippen molar-refractivity contribution in [1.29, 1.82) is 0 Å². The van der Waals surface area contributed by atoms with Crippen LogP contribution >= 0.6 is 11.3 Å². The first-order valence-electron chi connectivity index (χ1n) is 6.01. The van der Waals surface area contributed by atoms with Crippen molar-refractivity contribution in [2.24, 2.45) is 0 Å². The topological polar surface area (TPSA) is 71.0 Å². The maximum Gasteiger partial charge on any atom is 0.323 e. The second-order valence-corrected chi connectivity index (χ2v) is 4.77. The maximum absolute atomic E-state index is 12.0. The van der Waals surface area contributed by atoms with Gasteiger partial charge in [0.15, 0.2) is 5.82 Å². The molecular weight excluding hydrogens is 262 g/mol. The molecule has 0 saturated carbocycles. The van der Waals surface area contributed by atoms with Crippen molar-refractivity contribution >= 4 is 23.2 Å². The van der Waals surface area contributed by atoms with Gasteiger partial charge in [-0.15, -0.1) is 16.4 Å². The maximum atomic E-state index is 12.0. The lowest BCUT2D eigenvalue weighted by Gasteiger charge is -2.20. The van der Waals surface area contributed by atoms with Crippen LogP contribution in [-0.4, -0.2) is 39.2 Å². The third-order valence-corrected chi connectivity index (χ3v) is 3.39. The Labute approximate surface area is 115 Å². The van der Waals surface area contributed by atoms with Gasteiger partial charge in [-0.25, -0.2) is 9.78 Å². The third-order valence-electron chi connectivity index (χ3n) is 2.56. The first-order chi connectivity index (χ1) is 9.29. The zero-order valence-corrected chi connectivity index (χ0v) is 11.4. The molecule has 2 aromatic heterocycles. The van der Waals surface area contributed by atoms with Crippen LogP contribution in [0.5, 0.6) is 0 Å². The number of likely N-dealkylation sites (N-methyl/N-ethyl adjacent to an activating group) is 1. The molecule has 2 amide bonds. The van der Waals surface area contributed by atoms with E-state index >= 15 is 0 Å². The molecule has 0 aromatic carbocycles. The lowest BCUT2D eigenvalue weighted by Crippen LogP contribution is -2.36. The molecule has 0 atom stereocenters. The van der Waals surface area contributed by atoms with Crippen molar-refractivity contribution in [2.75, 3.05) is 18.4 Å². The summed E-state index contributed by atoms with van der Waals surface area (Å²) in [5.41, 5.74) is 0. The number of thiazole rings is 1. The molecule has 0 aliphatic rings. The summed E-state index contributed by atoms with van der Waals surface area (Å²) in [4.78, 5) is 18.0. The minimum Gasteiger partial charge on any atom is -0.324 e. The van der Waals surface area contributed by atoms with Crippen molar-refractivity contribution in [3.8, 4) is 0 Å². The van der Waals surface area contributed by atoms with Gasteiger partial charge in [0.1, 0.15) is 0 Å². The van der Waals surface area contributed by atoms with Crippen LogP contribution in [0.25, 0.3) is 0 Å². The fourth-order valence-electron chi connectivity index (χ4n) is 1.57. The molecule has 0 aliphatic carbocycles. The van der Waals surface area contributed by atoms with E-state index in [1.54, 1.807) is 40.8 Å². The van der Waals surface area contributed by atoms with Crippen LogP contribution in [0.4, 0.5) is 10.6 Å². The van der Waals surface area contributed by atoms with E-state index in [1.165, 1.54) is 0 Å². The Balaban J connectivity index is 1.88. The fraction of sp³-hybridized carbons (Fsp3) is 0.333. The van der Waals surface area contributed by atoms with E-state index in [4.69, 9.17) is 0 Å². The highest BCUT2D eigenvalue weighted by Crippen LogP contribution is 2.07. The van der Waals surface area contributed by atoms with Crippen molar-refractivity contribution in [3.63, 3.8) is 0 Å². The number of amides is 2. The normalized spacial score (nSPS) is 10.2. The molecular formula is C12H15N5OS. The fourth-order valence-corrected chi connectivity index (χ4v) is 2.18. The van der Waals surface area contributed by atoms with E-state index in [-0.39, 0.29) is 6.03 Å². The Morgan fingerprint density at radius 3 is 3.00 bits per heavy atom. The number of hydrogen-bond acceptors (Lipinski definition) is 5. The Bertz CT molecular complexity index is 502. The van der Waals surface area contributed by atoms with E-state index in [0.29, 0.717) is 18.9 Å². The van der Waals surface area contributed by atoms with Gasteiger partial charge in [0.25, 0.3) is 0 Å². The summed E-state index contributed by atoms with van der Waals surface area (Å²) in [6, 6.07) is 3.27. The van der Waals surface area contributed by atoms with Gasteiger partial charge < -0.3 is 4.90 Å². The molecule has 2 heterocycles. The second-order valence-electron chi connectivity index (χ2n) is 3.79. The van der Waals surface area contributed by atoms with Gasteiger partial charge in [0.2, 0.25) is 0 Å². The molecule has 1 N–H and O–H groups in total. The number of carbonyl (C=O) groups excluding carboxylic acids is 1. The largest absolute Gasteiger partial charge is 0.324 e. The highest BCUT2D eigenvalue weighted by Gasteiger charge is 2.12. The smallest absolute Gasteiger partial charge is 0.323 e. The predicted molar refractivity (Wildman–Crippen MR) is 74.1 cm³/mol. The average Bonchev–Trinajstić information content (AvgIpc) is 2.94. The van der Waals surface area contributed by atoms with Crippen molar-refractivity contribution in [2.45, 2.75) is 13.3 Å². The van der Waals surface area contributed by atoms with E-state index in [9.17, 15) is 4.79 Å². The van der Waals surface area contributed by atoms with Gasteiger partial charge >= 0.3 is 6.03 Å². The Morgan fingerprint density at radius 1 is 1.47 bits per heavy atom. The molecule has 7 heteroatoms.